The van der Waals surface area contributed by atoms with E-state index in [-0.39, 0.29) is 5.75 Å². The topological polar surface area (TPSA) is 47.3 Å². The maximum absolute atomic E-state index is 9.27. The minimum Gasteiger partial charge on any atom is -0.508 e. The first-order valence-corrected chi connectivity index (χ1v) is 5.06. The Balaban J connectivity index is 2.05. The third kappa shape index (κ3) is 2.34. The molecule has 0 aliphatic carbocycles. The van der Waals surface area contributed by atoms with E-state index in [1.54, 1.807) is 24.3 Å². The molecule has 0 spiro atoms. The number of aromatic nitrogens is 2. The maximum Gasteiger partial charge on any atom is 0.146 e. The van der Waals surface area contributed by atoms with Gasteiger partial charge in [-0.1, -0.05) is 6.07 Å². The summed E-state index contributed by atoms with van der Waals surface area (Å²) < 4.78 is 7.45. The average Bonchev–Trinajstić information content (AvgIpc) is 2.54. The summed E-state index contributed by atoms with van der Waals surface area (Å²) in [6.07, 6.45) is 1.95. The Morgan fingerprint density at radius 2 is 2.25 bits per heavy atom. The van der Waals surface area contributed by atoms with Gasteiger partial charge in [-0.2, -0.15) is 0 Å². The highest BCUT2D eigenvalue weighted by molar-refractivity contribution is 5.31. The van der Waals surface area contributed by atoms with Gasteiger partial charge in [0.05, 0.1) is 5.69 Å². The normalized spacial score (nSPS) is 10.4. The smallest absolute Gasteiger partial charge is 0.146 e. The standard InChI is InChI=1S/C12H14N2O2/c1-9-7-14(2)12(13-9)8-16-11-5-3-4-10(15)6-11/h3-7,15H,8H2,1-2H3. The molecule has 0 bridgehead atoms. The van der Waals surface area contributed by atoms with Crippen molar-refractivity contribution >= 4 is 0 Å². The summed E-state index contributed by atoms with van der Waals surface area (Å²) in [5, 5.41) is 9.27. The molecule has 2 aromatic rings. The molecule has 0 saturated carbocycles. The first-order valence-electron chi connectivity index (χ1n) is 5.06. The average molecular weight is 218 g/mol. The lowest BCUT2D eigenvalue weighted by Gasteiger charge is -2.06. The van der Waals surface area contributed by atoms with Gasteiger partial charge in [0.1, 0.15) is 23.9 Å². The predicted molar refractivity (Wildman–Crippen MR) is 60.4 cm³/mol. The number of benzene rings is 1. The van der Waals surface area contributed by atoms with Gasteiger partial charge >= 0.3 is 0 Å². The number of phenolic OH excluding ortho intramolecular Hbond substituents is 1. The quantitative estimate of drug-likeness (QED) is 0.857. The van der Waals surface area contributed by atoms with Crippen LogP contribution >= 0.6 is 0 Å². The highest BCUT2D eigenvalue weighted by Gasteiger charge is 2.03. The summed E-state index contributed by atoms with van der Waals surface area (Å²) in [4.78, 5) is 4.32. The van der Waals surface area contributed by atoms with E-state index in [4.69, 9.17) is 4.74 Å². The van der Waals surface area contributed by atoms with E-state index in [0.717, 1.165) is 11.5 Å². The molecule has 4 heteroatoms. The first-order chi connectivity index (χ1) is 7.65. The van der Waals surface area contributed by atoms with Gasteiger partial charge in [0, 0.05) is 19.3 Å². The van der Waals surface area contributed by atoms with E-state index < -0.39 is 0 Å². The summed E-state index contributed by atoms with van der Waals surface area (Å²) in [5.41, 5.74) is 0.969. The number of rotatable bonds is 3. The number of ether oxygens (including phenoxy) is 1. The van der Waals surface area contributed by atoms with Crippen LogP contribution in [0.1, 0.15) is 11.5 Å². The lowest BCUT2D eigenvalue weighted by atomic mass is 10.3. The fourth-order valence-electron chi connectivity index (χ4n) is 1.52. The second-order valence-electron chi connectivity index (χ2n) is 3.70. The molecule has 1 N–H and O–H groups in total. The minimum absolute atomic E-state index is 0.202. The van der Waals surface area contributed by atoms with Gasteiger partial charge < -0.3 is 14.4 Å². The molecule has 0 unspecified atom stereocenters. The van der Waals surface area contributed by atoms with E-state index in [1.165, 1.54) is 0 Å². The summed E-state index contributed by atoms with van der Waals surface area (Å²) in [6.45, 7) is 2.34. The van der Waals surface area contributed by atoms with Crippen molar-refractivity contribution in [3.63, 3.8) is 0 Å². The maximum atomic E-state index is 9.27. The summed E-state index contributed by atoms with van der Waals surface area (Å²) >= 11 is 0. The van der Waals surface area contributed by atoms with Crippen molar-refractivity contribution in [1.29, 1.82) is 0 Å². The molecule has 1 aromatic heterocycles. The number of hydrogen-bond acceptors (Lipinski definition) is 3. The van der Waals surface area contributed by atoms with Crippen LogP contribution in [0.5, 0.6) is 11.5 Å². The lowest BCUT2D eigenvalue weighted by molar-refractivity contribution is 0.290. The molecule has 0 aliphatic heterocycles. The van der Waals surface area contributed by atoms with E-state index >= 15 is 0 Å². The van der Waals surface area contributed by atoms with Crippen molar-refractivity contribution in [3.05, 3.63) is 42.0 Å². The van der Waals surface area contributed by atoms with Crippen LogP contribution in [0.25, 0.3) is 0 Å². The molecule has 0 aliphatic rings. The summed E-state index contributed by atoms with van der Waals surface area (Å²) in [7, 11) is 1.93. The Kier molecular flexibility index (Phi) is 2.81. The number of aryl methyl sites for hydroxylation is 2. The van der Waals surface area contributed by atoms with Gasteiger partial charge in [-0.05, 0) is 19.1 Å². The second kappa shape index (κ2) is 4.26. The third-order valence-electron chi connectivity index (χ3n) is 2.28. The number of nitrogens with zero attached hydrogens (tertiary/aromatic N) is 2. The molecular formula is C12H14N2O2. The molecule has 1 heterocycles. The third-order valence-corrected chi connectivity index (χ3v) is 2.28. The fourth-order valence-corrected chi connectivity index (χ4v) is 1.52. The highest BCUT2D eigenvalue weighted by atomic mass is 16.5. The zero-order chi connectivity index (χ0) is 11.5. The molecule has 2 rings (SSSR count). The molecule has 0 radical (unpaired) electrons. The SMILES string of the molecule is Cc1cn(C)c(COc2cccc(O)c2)n1. The molecule has 4 nitrogen and oxygen atoms in total. The van der Waals surface area contributed by atoms with Crippen molar-refractivity contribution in [1.82, 2.24) is 9.55 Å². The molecule has 0 saturated heterocycles. The Morgan fingerprint density at radius 1 is 1.44 bits per heavy atom. The van der Waals surface area contributed by atoms with Crippen LogP contribution < -0.4 is 4.74 Å². The zero-order valence-corrected chi connectivity index (χ0v) is 9.34. The van der Waals surface area contributed by atoms with Crippen LogP contribution in [-0.2, 0) is 13.7 Å². The largest absolute Gasteiger partial charge is 0.508 e. The Labute approximate surface area is 94.1 Å². The van der Waals surface area contributed by atoms with Gasteiger partial charge in [-0.3, -0.25) is 0 Å². The molecular weight excluding hydrogens is 204 g/mol. The molecule has 16 heavy (non-hydrogen) atoms. The van der Waals surface area contributed by atoms with Crippen molar-refractivity contribution in [3.8, 4) is 11.5 Å². The van der Waals surface area contributed by atoms with Crippen LogP contribution in [0.4, 0.5) is 0 Å². The highest BCUT2D eigenvalue weighted by Crippen LogP contribution is 2.18. The van der Waals surface area contributed by atoms with Gasteiger partial charge in [-0.25, -0.2) is 4.98 Å². The van der Waals surface area contributed by atoms with E-state index in [9.17, 15) is 5.11 Å². The van der Waals surface area contributed by atoms with Gasteiger partial charge in [0.25, 0.3) is 0 Å². The van der Waals surface area contributed by atoms with Crippen LogP contribution in [0.15, 0.2) is 30.5 Å². The fraction of sp³-hybridized carbons (Fsp3) is 0.250. The van der Waals surface area contributed by atoms with Gasteiger partial charge in [0.2, 0.25) is 0 Å². The number of hydrogen-bond donors (Lipinski definition) is 1. The first kappa shape index (κ1) is 10.5. The summed E-state index contributed by atoms with van der Waals surface area (Å²) in [6, 6.07) is 6.73. The number of phenols is 1. The van der Waals surface area contributed by atoms with Crippen LogP contribution in [-0.4, -0.2) is 14.7 Å². The Morgan fingerprint density at radius 3 is 2.88 bits per heavy atom. The van der Waals surface area contributed by atoms with Gasteiger partial charge in [0.15, 0.2) is 0 Å². The minimum atomic E-state index is 0.202. The van der Waals surface area contributed by atoms with Crippen LogP contribution in [0.3, 0.4) is 0 Å². The van der Waals surface area contributed by atoms with E-state index in [2.05, 4.69) is 4.98 Å². The number of aromatic hydroxyl groups is 1. The van der Waals surface area contributed by atoms with Gasteiger partial charge in [-0.15, -0.1) is 0 Å². The van der Waals surface area contributed by atoms with Crippen LogP contribution in [0, 0.1) is 6.92 Å². The van der Waals surface area contributed by atoms with E-state index in [1.807, 2.05) is 24.7 Å². The molecule has 0 fully saturated rings. The molecule has 0 amide bonds. The zero-order valence-electron chi connectivity index (χ0n) is 9.34. The molecule has 84 valence electrons. The monoisotopic (exact) mass is 218 g/mol. The molecule has 0 atom stereocenters. The van der Waals surface area contributed by atoms with Crippen molar-refractivity contribution in [2.24, 2.45) is 7.05 Å². The van der Waals surface area contributed by atoms with E-state index in [0.29, 0.717) is 12.4 Å². The summed E-state index contributed by atoms with van der Waals surface area (Å²) in [5.74, 6) is 1.70. The Hall–Kier alpha value is -1.97. The molecule has 1 aromatic carbocycles. The Bertz CT molecular complexity index is 492. The van der Waals surface area contributed by atoms with Crippen molar-refractivity contribution in [2.45, 2.75) is 13.5 Å². The second-order valence-corrected chi connectivity index (χ2v) is 3.70. The lowest BCUT2D eigenvalue weighted by Crippen LogP contribution is -2.02. The van der Waals surface area contributed by atoms with Crippen LogP contribution in [0.2, 0.25) is 0 Å². The number of imidazole rings is 1. The van der Waals surface area contributed by atoms with Crippen molar-refractivity contribution in [2.75, 3.05) is 0 Å². The van der Waals surface area contributed by atoms with Crippen molar-refractivity contribution < 1.29 is 9.84 Å². The predicted octanol–water partition coefficient (Wildman–Crippen LogP) is 2.01.